The summed E-state index contributed by atoms with van der Waals surface area (Å²) in [5, 5.41) is 7.54. The van der Waals surface area contributed by atoms with Gasteiger partial charge in [-0.25, -0.2) is 17.9 Å². The number of benzene rings is 1. The Morgan fingerprint density at radius 1 is 1.07 bits per heavy atom. The first kappa shape index (κ1) is 20.6. The van der Waals surface area contributed by atoms with E-state index in [0.717, 1.165) is 31.2 Å². The van der Waals surface area contributed by atoms with Crippen LogP contribution < -0.4 is 11.0 Å². The summed E-state index contributed by atoms with van der Waals surface area (Å²) in [6.07, 6.45) is 5.66. The van der Waals surface area contributed by atoms with Gasteiger partial charge in [0.1, 0.15) is 0 Å². The molecule has 0 bridgehead atoms. The Balaban J connectivity index is 1.49. The molecule has 1 aliphatic heterocycles. The highest BCUT2D eigenvalue weighted by Gasteiger charge is 2.26. The molecule has 30 heavy (non-hydrogen) atoms. The first-order chi connectivity index (χ1) is 14.5. The zero-order valence-corrected chi connectivity index (χ0v) is 17.9. The van der Waals surface area contributed by atoms with Crippen molar-refractivity contribution >= 4 is 21.4 Å². The van der Waals surface area contributed by atoms with E-state index >= 15 is 0 Å². The summed E-state index contributed by atoms with van der Waals surface area (Å²) >= 11 is 0. The van der Waals surface area contributed by atoms with Crippen LogP contribution in [0.2, 0.25) is 0 Å². The van der Waals surface area contributed by atoms with Gasteiger partial charge in [-0.1, -0.05) is 25.0 Å². The second-order valence-corrected chi connectivity index (χ2v) is 9.57. The number of sulfonamides is 1. The number of nitrogens with one attached hydrogen (secondary N) is 1. The average molecular weight is 430 g/mol. The fourth-order valence-electron chi connectivity index (χ4n) is 3.83. The number of rotatable bonds is 6. The summed E-state index contributed by atoms with van der Waals surface area (Å²) in [5.41, 5.74) is 1.86. The SMILES string of the molecule is Cc1ccc(NCCn2nc3ccccn3c2=O)cc1S(=O)(=O)N1CCCCCC1. The third-order valence-electron chi connectivity index (χ3n) is 5.51. The Morgan fingerprint density at radius 3 is 2.57 bits per heavy atom. The van der Waals surface area contributed by atoms with Crippen LogP contribution in [0.4, 0.5) is 5.69 Å². The van der Waals surface area contributed by atoms with Gasteiger partial charge in [0.05, 0.1) is 11.4 Å². The van der Waals surface area contributed by atoms with Gasteiger partial charge in [-0.2, -0.15) is 4.31 Å². The van der Waals surface area contributed by atoms with E-state index < -0.39 is 10.0 Å². The number of fused-ring (bicyclic) bond motifs is 1. The molecule has 9 heteroatoms. The Morgan fingerprint density at radius 2 is 1.83 bits per heavy atom. The first-order valence-electron chi connectivity index (χ1n) is 10.4. The molecule has 3 heterocycles. The monoisotopic (exact) mass is 429 g/mol. The molecule has 0 amide bonds. The second kappa shape index (κ2) is 8.61. The molecule has 0 radical (unpaired) electrons. The standard InChI is InChI=1S/C21H27N5O3S/c1-17-9-10-18(16-19(17)30(28,29)24-12-5-2-3-6-13-24)22-11-15-26-21(27)25-14-7-4-8-20(25)23-26/h4,7-10,14,16,22H,2-3,5-6,11-13,15H2,1H3. The van der Waals surface area contributed by atoms with E-state index in [2.05, 4.69) is 10.4 Å². The van der Waals surface area contributed by atoms with Gasteiger partial charge in [0.2, 0.25) is 10.0 Å². The topological polar surface area (TPSA) is 88.7 Å². The highest BCUT2D eigenvalue weighted by atomic mass is 32.2. The lowest BCUT2D eigenvalue weighted by molar-refractivity contribution is 0.423. The van der Waals surface area contributed by atoms with Crippen LogP contribution in [0.3, 0.4) is 0 Å². The van der Waals surface area contributed by atoms with Crippen LogP contribution in [0.25, 0.3) is 5.65 Å². The molecule has 1 aliphatic rings. The van der Waals surface area contributed by atoms with Crippen molar-refractivity contribution in [3.8, 4) is 0 Å². The Hall–Kier alpha value is -2.65. The van der Waals surface area contributed by atoms with Crippen LogP contribution >= 0.6 is 0 Å². The largest absolute Gasteiger partial charge is 0.383 e. The highest BCUT2D eigenvalue weighted by Crippen LogP contribution is 2.25. The summed E-state index contributed by atoms with van der Waals surface area (Å²) in [5.74, 6) is 0. The Kier molecular flexibility index (Phi) is 5.92. The molecule has 0 saturated carbocycles. The van der Waals surface area contributed by atoms with Gasteiger partial charge in [-0.3, -0.25) is 4.40 Å². The van der Waals surface area contributed by atoms with E-state index in [4.69, 9.17) is 0 Å². The normalized spacial score (nSPS) is 15.9. The zero-order valence-electron chi connectivity index (χ0n) is 17.1. The smallest absolute Gasteiger partial charge is 0.350 e. The molecule has 0 unspecified atom stereocenters. The fourth-order valence-corrected chi connectivity index (χ4v) is 5.60. The van der Waals surface area contributed by atoms with E-state index in [-0.39, 0.29) is 5.69 Å². The van der Waals surface area contributed by atoms with Crippen molar-refractivity contribution in [1.29, 1.82) is 0 Å². The van der Waals surface area contributed by atoms with Gasteiger partial charge in [0, 0.05) is 31.5 Å². The van der Waals surface area contributed by atoms with Crippen molar-refractivity contribution in [2.45, 2.75) is 44.0 Å². The average Bonchev–Trinajstić information content (AvgIpc) is 2.91. The van der Waals surface area contributed by atoms with Crippen molar-refractivity contribution in [3.05, 3.63) is 58.6 Å². The number of anilines is 1. The van der Waals surface area contributed by atoms with Gasteiger partial charge >= 0.3 is 5.69 Å². The minimum absolute atomic E-state index is 0.194. The molecule has 0 spiro atoms. The predicted molar refractivity (Wildman–Crippen MR) is 116 cm³/mol. The van der Waals surface area contributed by atoms with E-state index in [1.165, 1.54) is 9.08 Å². The Labute approximate surface area is 176 Å². The minimum Gasteiger partial charge on any atom is -0.383 e. The predicted octanol–water partition coefficient (Wildman–Crippen LogP) is 2.48. The molecule has 0 atom stereocenters. The van der Waals surface area contributed by atoms with Crippen LogP contribution in [0.5, 0.6) is 0 Å². The lowest BCUT2D eigenvalue weighted by Gasteiger charge is -2.21. The molecule has 8 nitrogen and oxygen atoms in total. The van der Waals surface area contributed by atoms with Crippen molar-refractivity contribution in [3.63, 3.8) is 0 Å². The van der Waals surface area contributed by atoms with Crippen molar-refractivity contribution in [2.75, 3.05) is 25.0 Å². The molecular weight excluding hydrogens is 402 g/mol. The molecule has 1 aromatic carbocycles. The fraction of sp³-hybridized carbons (Fsp3) is 0.429. The molecule has 1 fully saturated rings. The maximum atomic E-state index is 13.2. The van der Waals surface area contributed by atoms with Crippen LogP contribution in [-0.2, 0) is 16.6 Å². The zero-order chi connectivity index (χ0) is 21.1. The van der Waals surface area contributed by atoms with Gasteiger partial charge < -0.3 is 5.32 Å². The maximum absolute atomic E-state index is 13.2. The summed E-state index contributed by atoms with van der Waals surface area (Å²) < 4.78 is 30.9. The van der Waals surface area contributed by atoms with E-state index in [1.807, 2.05) is 25.1 Å². The number of hydrogen-bond acceptors (Lipinski definition) is 5. The quantitative estimate of drug-likeness (QED) is 0.650. The second-order valence-electron chi connectivity index (χ2n) is 7.66. The molecule has 2 aromatic heterocycles. The summed E-state index contributed by atoms with van der Waals surface area (Å²) in [7, 11) is -3.52. The van der Waals surface area contributed by atoms with Crippen molar-refractivity contribution in [2.24, 2.45) is 0 Å². The van der Waals surface area contributed by atoms with Gasteiger partial charge in [-0.05, 0) is 49.6 Å². The van der Waals surface area contributed by atoms with Gasteiger partial charge in [-0.15, -0.1) is 5.10 Å². The van der Waals surface area contributed by atoms with Crippen LogP contribution in [0.15, 0.2) is 52.3 Å². The summed E-state index contributed by atoms with van der Waals surface area (Å²) in [6.45, 7) is 3.82. The van der Waals surface area contributed by atoms with Crippen LogP contribution in [0.1, 0.15) is 31.2 Å². The van der Waals surface area contributed by atoms with Crippen molar-refractivity contribution < 1.29 is 8.42 Å². The third-order valence-corrected chi connectivity index (χ3v) is 7.55. The first-order valence-corrected chi connectivity index (χ1v) is 11.8. The lowest BCUT2D eigenvalue weighted by Crippen LogP contribution is -2.32. The summed E-state index contributed by atoms with van der Waals surface area (Å²) in [4.78, 5) is 12.7. The molecule has 1 N–H and O–H groups in total. The van der Waals surface area contributed by atoms with Gasteiger partial charge in [0.15, 0.2) is 5.65 Å². The highest BCUT2D eigenvalue weighted by molar-refractivity contribution is 7.89. The molecule has 1 saturated heterocycles. The van der Waals surface area contributed by atoms with Crippen LogP contribution in [-0.4, -0.2) is 46.5 Å². The summed E-state index contributed by atoms with van der Waals surface area (Å²) in [6, 6.07) is 10.8. The Bertz CT molecular complexity index is 1190. The molecule has 160 valence electrons. The number of aromatic nitrogens is 3. The number of hydrogen-bond donors (Lipinski definition) is 1. The number of nitrogens with zero attached hydrogens (tertiary/aromatic N) is 4. The van der Waals surface area contributed by atoms with E-state index in [0.29, 0.717) is 42.4 Å². The van der Waals surface area contributed by atoms with E-state index in [9.17, 15) is 13.2 Å². The van der Waals surface area contributed by atoms with Crippen LogP contribution in [0, 0.1) is 6.92 Å². The molecule has 0 aliphatic carbocycles. The number of aryl methyl sites for hydroxylation is 1. The number of pyridine rings is 1. The molecule has 3 aromatic rings. The van der Waals surface area contributed by atoms with Gasteiger partial charge in [0.25, 0.3) is 0 Å². The minimum atomic E-state index is -3.52. The molecule has 4 rings (SSSR count). The lowest BCUT2D eigenvalue weighted by atomic mass is 10.2. The third kappa shape index (κ3) is 4.13. The van der Waals surface area contributed by atoms with E-state index in [1.54, 1.807) is 28.7 Å². The van der Waals surface area contributed by atoms with Crippen molar-refractivity contribution in [1.82, 2.24) is 18.5 Å². The molecular formula is C21H27N5O3S. The maximum Gasteiger partial charge on any atom is 0.350 e.